The van der Waals surface area contributed by atoms with Crippen LogP contribution >= 0.6 is 0 Å². The summed E-state index contributed by atoms with van der Waals surface area (Å²) in [5.74, 6) is 1.05. The number of pyridine rings is 1. The van der Waals surface area contributed by atoms with Crippen molar-refractivity contribution in [2.24, 2.45) is 0 Å². The van der Waals surface area contributed by atoms with E-state index in [4.69, 9.17) is 4.74 Å². The van der Waals surface area contributed by atoms with E-state index in [1.54, 1.807) is 0 Å². The third-order valence-corrected chi connectivity index (χ3v) is 4.34. The van der Waals surface area contributed by atoms with Crippen molar-refractivity contribution in [3.05, 3.63) is 47.7 Å². The van der Waals surface area contributed by atoms with Crippen molar-refractivity contribution in [1.29, 1.82) is 0 Å². The fourth-order valence-electron chi connectivity index (χ4n) is 2.94. The van der Waals surface area contributed by atoms with Gasteiger partial charge in [0.2, 0.25) is 0 Å². The summed E-state index contributed by atoms with van der Waals surface area (Å²) < 4.78 is 6.15. The predicted molar refractivity (Wildman–Crippen MR) is 106 cm³/mol. The van der Waals surface area contributed by atoms with Crippen molar-refractivity contribution in [3.63, 3.8) is 0 Å². The number of rotatable bonds is 10. The minimum Gasteiger partial charge on any atom is -0.492 e. The third kappa shape index (κ3) is 5.86. The summed E-state index contributed by atoms with van der Waals surface area (Å²) in [6, 6.07) is 10.7. The van der Waals surface area contributed by atoms with E-state index in [-0.39, 0.29) is 0 Å². The average molecular weight is 341 g/mol. The second kappa shape index (κ2) is 10.2. The lowest BCUT2D eigenvalue weighted by Crippen LogP contribution is -2.19. The first kappa shape index (κ1) is 19.5. The molecule has 1 heterocycles. The van der Waals surface area contributed by atoms with Gasteiger partial charge in [-0.15, -0.1) is 0 Å². The van der Waals surface area contributed by atoms with Crippen LogP contribution in [0.1, 0.15) is 44.2 Å². The van der Waals surface area contributed by atoms with Gasteiger partial charge >= 0.3 is 0 Å². The van der Waals surface area contributed by atoms with Crippen LogP contribution in [0.5, 0.6) is 5.75 Å². The minimum absolute atomic E-state index is 0.722. The molecule has 0 aliphatic heterocycles. The maximum absolute atomic E-state index is 6.15. The van der Waals surface area contributed by atoms with Crippen LogP contribution in [0.3, 0.4) is 0 Å². The first-order valence-electron chi connectivity index (χ1n) is 9.50. The van der Waals surface area contributed by atoms with Gasteiger partial charge in [-0.2, -0.15) is 0 Å². The first-order valence-corrected chi connectivity index (χ1v) is 9.50. The number of nitrogens with zero attached hydrogens (tertiary/aromatic N) is 2. The zero-order valence-electron chi connectivity index (χ0n) is 16.2. The van der Waals surface area contributed by atoms with Crippen LogP contribution in [0.2, 0.25) is 0 Å². The molecule has 2 aromatic rings. The number of unbranched alkanes of at least 4 members (excludes halogenated alkanes) is 1. The van der Waals surface area contributed by atoms with Crippen molar-refractivity contribution in [2.75, 3.05) is 27.2 Å². The lowest BCUT2D eigenvalue weighted by molar-refractivity contribution is 0.259. The van der Waals surface area contributed by atoms with E-state index in [2.05, 4.69) is 62.1 Å². The molecule has 0 aliphatic rings. The number of hydrogen-bond donors (Lipinski definition) is 0. The molecule has 0 atom stereocenters. The van der Waals surface area contributed by atoms with Gasteiger partial charge in [-0.25, -0.2) is 0 Å². The van der Waals surface area contributed by atoms with Gasteiger partial charge in [0.1, 0.15) is 12.4 Å². The molecule has 0 saturated carbocycles. The number of aromatic nitrogens is 1. The lowest BCUT2D eigenvalue weighted by atomic mass is 9.94. The zero-order chi connectivity index (χ0) is 18.1. The van der Waals surface area contributed by atoms with Gasteiger partial charge < -0.3 is 9.64 Å². The molecule has 1 aromatic heterocycles. The average Bonchev–Trinajstić information content (AvgIpc) is 2.62. The van der Waals surface area contributed by atoms with Crippen LogP contribution in [0, 0.1) is 0 Å². The molecule has 0 radical (unpaired) electrons. The number of likely N-dealkylation sites (N-methyl/N-ethyl adjacent to an activating group) is 1. The molecule has 0 saturated heterocycles. The maximum Gasteiger partial charge on any atom is 0.122 e. The monoisotopic (exact) mass is 340 g/mol. The number of aryl methyl sites for hydroxylation is 2. The fourth-order valence-corrected chi connectivity index (χ4v) is 2.94. The Morgan fingerprint density at radius 3 is 2.48 bits per heavy atom. The Morgan fingerprint density at radius 2 is 1.84 bits per heavy atom. The van der Waals surface area contributed by atoms with Crippen LogP contribution in [0.4, 0.5) is 0 Å². The summed E-state index contributed by atoms with van der Waals surface area (Å²) in [4.78, 5) is 6.74. The number of benzene rings is 1. The smallest absolute Gasteiger partial charge is 0.122 e. The quantitative estimate of drug-likeness (QED) is 0.609. The lowest BCUT2D eigenvalue weighted by Gasteiger charge is -2.18. The van der Waals surface area contributed by atoms with Gasteiger partial charge in [-0.05, 0) is 68.8 Å². The molecule has 2 rings (SSSR count). The van der Waals surface area contributed by atoms with Crippen molar-refractivity contribution in [1.82, 2.24) is 9.88 Å². The third-order valence-electron chi connectivity index (χ3n) is 4.34. The molecule has 1 aromatic carbocycles. The van der Waals surface area contributed by atoms with E-state index in [1.807, 2.05) is 12.3 Å². The molecule has 0 bridgehead atoms. The summed E-state index contributed by atoms with van der Waals surface area (Å²) in [5.41, 5.74) is 4.96. The Kier molecular flexibility index (Phi) is 7.93. The van der Waals surface area contributed by atoms with E-state index in [0.29, 0.717) is 0 Å². The van der Waals surface area contributed by atoms with E-state index in [1.165, 1.54) is 29.5 Å². The number of ether oxygens (including phenoxy) is 1. The molecule has 0 spiro atoms. The highest BCUT2D eigenvalue weighted by Crippen LogP contribution is 2.32. The molecular formula is C22H32N2O. The van der Waals surface area contributed by atoms with Crippen LogP contribution < -0.4 is 4.74 Å². The number of hydrogen-bond acceptors (Lipinski definition) is 3. The Labute approximate surface area is 153 Å². The van der Waals surface area contributed by atoms with Gasteiger partial charge in [0, 0.05) is 18.3 Å². The second-order valence-electron chi connectivity index (χ2n) is 6.84. The van der Waals surface area contributed by atoms with Gasteiger partial charge in [-0.3, -0.25) is 4.98 Å². The van der Waals surface area contributed by atoms with Crippen LogP contribution in [-0.2, 0) is 12.8 Å². The highest BCUT2D eigenvalue weighted by atomic mass is 16.5. The Morgan fingerprint density at radius 1 is 1.00 bits per heavy atom. The summed E-state index contributed by atoms with van der Waals surface area (Å²) in [6.07, 6.45) is 7.46. The van der Waals surface area contributed by atoms with Crippen molar-refractivity contribution in [2.45, 2.75) is 46.0 Å². The molecule has 3 heteroatoms. The van der Waals surface area contributed by atoms with Crippen molar-refractivity contribution in [3.8, 4) is 17.0 Å². The highest BCUT2D eigenvalue weighted by Gasteiger charge is 2.13. The minimum atomic E-state index is 0.722. The topological polar surface area (TPSA) is 25.4 Å². The SMILES string of the molecule is CCCCc1cc(OCCN(C)C)c(CCC)cc1-c1ccccn1. The Bertz CT molecular complexity index is 638. The predicted octanol–water partition coefficient (Wildman–Crippen LogP) is 4.98. The highest BCUT2D eigenvalue weighted by molar-refractivity contribution is 5.67. The molecule has 3 nitrogen and oxygen atoms in total. The van der Waals surface area contributed by atoms with Crippen LogP contribution in [0.25, 0.3) is 11.3 Å². The van der Waals surface area contributed by atoms with Gasteiger partial charge in [0.05, 0.1) is 5.69 Å². The fraction of sp³-hybridized carbons (Fsp3) is 0.500. The Hall–Kier alpha value is -1.87. The Balaban J connectivity index is 2.38. The van der Waals surface area contributed by atoms with E-state index >= 15 is 0 Å². The van der Waals surface area contributed by atoms with Crippen molar-refractivity contribution < 1.29 is 4.74 Å². The van der Waals surface area contributed by atoms with E-state index in [9.17, 15) is 0 Å². The van der Waals surface area contributed by atoms with E-state index < -0.39 is 0 Å². The standard InChI is InChI=1S/C22H32N2O/c1-5-7-11-18-17-22(25-15-14-24(3)4)19(10-6-2)16-20(18)21-12-8-9-13-23-21/h8-9,12-13,16-17H,5-7,10-11,14-15H2,1-4H3. The summed E-state index contributed by atoms with van der Waals surface area (Å²) in [6.45, 7) is 6.10. The molecule has 0 fully saturated rings. The van der Waals surface area contributed by atoms with Gasteiger partial charge in [-0.1, -0.05) is 32.8 Å². The van der Waals surface area contributed by atoms with E-state index in [0.717, 1.165) is 43.9 Å². The maximum atomic E-state index is 6.15. The second-order valence-corrected chi connectivity index (χ2v) is 6.84. The molecule has 0 unspecified atom stereocenters. The molecule has 0 aliphatic carbocycles. The summed E-state index contributed by atoms with van der Waals surface area (Å²) >= 11 is 0. The molecule has 0 N–H and O–H groups in total. The first-order chi connectivity index (χ1) is 12.2. The van der Waals surface area contributed by atoms with Gasteiger partial charge in [0.15, 0.2) is 0 Å². The summed E-state index contributed by atoms with van der Waals surface area (Å²) in [5, 5.41) is 0. The molecular weight excluding hydrogens is 308 g/mol. The molecule has 136 valence electrons. The summed E-state index contributed by atoms with van der Waals surface area (Å²) in [7, 11) is 4.15. The molecule has 25 heavy (non-hydrogen) atoms. The van der Waals surface area contributed by atoms with Crippen molar-refractivity contribution >= 4 is 0 Å². The largest absolute Gasteiger partial charge is 0.492 e. The van der Waals surface area contributed by atoms with Gasteiger partial charge in [0.25, 0.3) is 0 Å². The zero-order valence-corrected chi connectivity index (χ0v) is 16.2. The van der Waals surface area contributed by atoms with Crippen LogP contribution in [-0.4, -0.2) is 37.1 Å². The van der Waals surface area contributed by atoms with Crippen LogP contribution in [0.15, 0.2) is 36.5 Å². The molecule has 0 amide bonds. The normalized spacial score (nSPS) is 11.1.